The van der Waals surface area contributed by atoms with Crippen LogP contribution < -0.4 is 5.32 Å². The number of nitrogens with zero attached hydrogens (tertiary/aromatic N) is 1. The first-order chi connectivity index (χ1) is 8.56. The molecule has 0 aromatic heterocycles. The van der Waals surface area contributed by atoms with Crippen molar-refractivity contribution in [2.45, 2.75) is 19.4 Å². The van der Waals surface area contributed by atoms with E-state index in [1.54, 1.807) is 6.07 Å². The molecular formula is C14H20F2N2. The van der Waals surface area contributed by atoms with Gasteiger partial charge in [-0.2, -0.15) is 0 Å². The normalized spacial score (nSPS) is 22.3. The van der Waals surface area contributed by atoms with Crippen molar-refractivity contribution in [2.75, 3.05) is 26.7 Å². The van der Waals surface area contributed by atoms with Gasteiger partial charge in [-0.05, 0) is 57.1 Å². The van der Waals surface area contributed by atoms with Crippen LogP contribution in [0.15, 0.2) is 18.2 Å². The molecule has 1 aromatic rings. The highest BCUT2D eigenvalue weighted by Gasteiger charge is 2.20. The largest absolute Gasteiger partial charge is 0.310 e. The Morgan fingerprint density at radius 3 is 2.78 bits per heavy atom. The van der Waals surface area contributed by atoms with Crippen molar-refractivity contribution in [3.63, 3.8) is 0 Å². The molecule has 18 heavy (non-hydrogen) atoms. The van der Waals surface area contributed by atoms with Crippen LogP contribution >= 0.6 is 0 Å². The van der Waals surface area contributed by atoms with Gasteiger partial charge in [0.25, 0.3) is 0 Å². The van der Waals surface area contributed by atoms with Gasteiger partial charge in [-0.25, -0.2) is 8.78 Å². The van der Waals surface area contributed by atoms with Crippen molar-refractivity contribution in [3.8, 4) is 0 Å². The minimum atomic E-state index is -0.789. The Labute approximate surface area is 107 Å². The highest BCUT2D eigenvalue weighted by atomic mass is 19.2. The van der Waals surface area contributed by atoms with Crippen LogP contribution in [0.5, 0.6) is 0 Å². The van der Waals surface area contributed by atoms with Crippen molar-refractivity contribution < 1.29 is 8.78 Å². The van der Waals surface area contributed by atoms with Gasteiger partial charge >= 0.3 is 0 Å². The van der Waals surface area contributed by atoms with Crippen LogP contribution in [0.2, 0.25) is 0 Å². The van der Waals surface area contributed by atoms with E-state index in [0.29, 0.717) is 5.92 Å². The molecule has 2 rings (SSSR count). The predicted octanol–water partition coefficient (Wildman–Crippen LogP) is 2.57. The molecule has 0 saturated carbocycles. The maximum absolute atomic E-state index is 13.1. The molecule has 0 amide bonds. The summed E-state index contributed by atoms with van der Waals surface area (Å²) in [7, 11) is 2.12. The summed E-state index contributed by atoms with van der Waals surface area (Å²) in [4.78, 5) is 2.31. The summed E-state index contributed by atoms with van der Waals surface area (Å²) >= 11 is 0. The smallest absolute Gasteiger partial charge is 0.159 e. The maximum atomic E-state index is 13.1. The van der Waals surface area contributed by atoms with Crippen LogP contribution in [-0.4, -0.2) is 31.6 Å². The highest BCUT2D eigenvalue weighted by Crippen LogP contribution is 2.18. The summed E-state index contributed by atoms with van der Waals surface area (Å²) in [6.45, 7) is 5.15. The van der Waals surface area contributed by atoms with Gasteiger partial charge < -0.3 is 10.2 Å². The topological polar surface area (TPSA) is 15.3 Å². The Bertz CT molecular complexity index is 409. The fraction of sp³-hybridized carbons (Fsp3) is 0.571. The number of likely N-dealkylation sites (tertiary alicyclic amines) is 1. The van der Waals surface area contributed by atoms with E-state index in [1.165, 1.54) is 18.6 Å². The van der Waals surface area contributed by atoms with Gasteiger partial charge in [0.15, 0.2) is 11.6 Å². The molecule has 4 heteroatoms. The molecule has 1 aliphatic rings. The third-order valence-electron chi connectivity index (χ3n) is 3.65. The van der Waals surface area contributed by atoms with E-state index in [1.807, 2.05) is 6.92 Å². The van der Waals surface area contributed by atoms with Gasteiger partial charge in [0, 0.05) is 12.6 Å². The van der Waals surface area contributed by atoms with Gasteiger partial charge in [0.2, 0.25) is 0 Å². The molecule has 0 radical (unpaired) electrons. The van der Waals surface area contributed by atoms with E-state index in [0.717, 1.165) is 25.2 Å². The maximum Gasteiger partial charge on any atom is 0.159 e. The van der Waals surface area contributed by atoms with E-state index >= 15 is 0 Å². The summed E-state index contributed by atoms with van der Waals surface area (Å²) in [5, 5.41) is 3.39. The number of hydrogen-bond donors (Lipinski definition) is 1. The van der Waals surface area contributed by atoms with Crippen LogP contribution in [0, 0.1) is 17.6 Å². The molecule has 1 N–H and O–H groups in total. The van der Waals surface area contributed by atoms with Crippen LogP contribution in [0.1, 0.15) is 24.9 Å². The van der Waals surface area contributed by atoms with Crippen LogP contribution in [0.4, 0.5) is 8.78 Å². The summed E-state index contributed by atoms with van der Waals surface area (Å²) in [5.41, 5.74) is 0.792. The van der Waals surface area contributed by atoms with Crippen molar-refractivity contribution in [2.24, 2.45) is 5.92 Å². The Balaban J connectivity index is 1.87. The fourth-order valence-corrected chi connectivity index (χ4v) is 2.44. The Kier molecular flexibility index (Phi) is 4.30. The SMILES string of the molecule is CC(NCC1CCN(C)C1)c1ccc(F)c(F)c1. The molecule has 1 fully saturated rings. The average Bonchev–Trinajstić information content (AvgIpc) is 2.75. The first-order valence-electron chi connectivity index (χ1n) is 6.43. The zero-order valence-corrected chi connectivity index (χ0v) is 10.9. The molecule has 0 bridgehead atoms. The van der Waals surface area contributed by atoms with E-state index in [2.05, 4.69) is 17.3 Å². The lowest BCUT2D eigenvalue weighted by atomic mass is 10.1. The summed E-state index contributed by atoms with van der Waals surface area (Å²) in [5.74, 6) is -0.909. The molecule has 1 aromatic carbocycles. The van der Waals surface area contributed by atoms with Crippen LogP contribution in [-0.2, 0) is 0 Å². The number of rotatable bonds is 4. The fourth-order valence-electron chi connectivity index (χ4n) is 2.44. The molecule has 0 spiro atoms. The zero-order valence-electron chi connectivity index (χ0n) is 10.9. The monoisotopic (exact) mass is 254 g/mol. The average molecular weight is 254 g/mol. The lowest BCUT2D eigenvalue weighted by Crippen LogP contribution is -2.27. The van der Waals surface area contributed by atoms with Crippen LogP contribution in [0.25, 0.3) is 0 Å². The Morgan fingerprint density at radius 1 is 1.39 bits per heavy atom. The number of nitrogens with one attached hydrogen (secondary N) is 1. The summed E-state index contributed by atoms with van der Waals surface area (Å²) in [6, 6.07) is 4.14. The second-order valence-corrected chi connectivity index (χ2v) is 5.22. The molecular weight excluding hydrogens is 234 g/mol. The molecule has 0 aliphatic carbocycles. The van der Waals surface area contributed by atoms with Gasteiger partial charge in [-0.3, -0.25) is 0 Å². The minimum Gasteiger partial charge on any atom is -0.310 e. The molecule has 2 atom stereocenters. The van der Waals surface area contributed by atoms with E-state index < -0.39 is 11.6 Å². The molecule has 1 aliphatic heterocycles. The Morgan fingerprint density at radius 2 is 2.17 bits per heavy atom. The zero-order chi connectivity index (χ0) is 13.1. The molecule has 2 unspecified atom stereocenters. The molecule has 100 valence electrons. The lowest BCUT2D eigenvalue weighted by molar-refractivity contribution is 0.381. The van der Waals surface area contributed by atoms with Crippen molar-refractivity contribution >= 4 is 0 Å². The second kappa shape index (κ2) is 5.76. The number of halogens is 2. The standard InChI is InChI=1S/C14H20F2N2/c1-10(12-3-4-13(15)14(16)7-12)17-8-11-5-6-18(2)9-11/h3-4,7,10-11,17H,5-6,8-9H2,1-2H3. The van der Waals surface area contributed by atoms with Crippen molar-refractivity contribution in [1.29, 1.82) is 0 Å². The molecule has 1 saturated heterocycles. The molecule has 2 nitrogen and oxygen atoms in total. The predicted molar refractivity (Wildman–Crippen MR) is 68.4 cm³/mol. The summed E-state index contributed by atoms with van der Waals surface area (Å²) < 4.78 is 26.0. The minimum absolute atomic E-state index is 0.0472. The Hall–Kier alpha value is -1.00. The first kappa shape index (κ1) is 13.4. The van der Waals surface area contributed by atoms with Crippen LogP contribution in [0.3, 0.4) is 0 Å². The van der Waals surface area contributed by atoms with Crippen molar-refractivity contribution in [1.82, 2.24) is 10.2 Å². The highest BCUT2D eigenvalue weighted by molar-refractivity contribution is 5.20. The van der Waals surface area contributed by atoms with Gasteiger partial charge in [-0.15, -0.1) is 0 Å². The lowest BCUT2D eigenvalue weighted by Gasteiger charge is -2.17. The van der Waals surface area contributed by atoms with Crippen molar-refractivity contribution in [3.05, 3.63) is 35.4 Å². The molecule has 1 heterocycles. The van der Waals surface area contributed by atoms with Gasteiger partial charge in [0.1, 0.15) is 0 Å². The first-order valence-corrected chi connectivity index (χ1v) is 6.43. The van der Waals surface area contributed by atoms with Gasteiger partial charge in [-0.1, -0.05) is 6.07 Å². The quantitative estimate of drug-likeness (QED) is 0.888. The summed E-state index contributed by atoms with van der Waals surface area (Å²) in [6.07, 6.45) is 1.20. The number of hydrogen-bond acceptors (Lipinski definition) is 2. The van der Waals surface area contributed by atoms with E-state index in [-0.39, 0.29) is 6.04 Å². The van der Waals surface area contributed by atoms with Gasteiger partial charge in [0.05, 0.1) is 0 Å². The van der Waals surface area contributed by atoms with E-state index in [9.17, 15) is 8.78 Å². The van der Waals surface area contributed by atoms with E-state index in [4.69, 9.17) is 0 Å². The third kappa shape index (κ3) is 3.27. The third-order valence-corrected chi connectivity index (χ3v) is 3.65. The number of benzene rings is 1. The second-order valence-electron chi connectivity index (χ2n) is 5.22.